The first kappa shape index (κ1) is 18.8. The second kappa shape index (κ2) is 8.14. The monoisotopic (exact) mass is 379 g/mol. The highest BCUT2D eigenvalue weighted by Gasteiger charge is 2.35. The zero-order valence-corrected chi connectivity index (χ0v) is 15.2. The molecule has 140 valence electrons. The molecule has 26 heavy (non-hydrogen) atoms. The van der Waals surface area contributed by atoms with E-state index >= 15 is 0 Å². The minimum atomic E-state index is -0.919. The fourth-order valence-electron chi connectivity index (χ4n) is 3.67. The first-order valence-electron chi connectivity index (χ1n) is 8.84. The van der Waals surface area contributed by atoms with Gasteiger partial charge in [0.1, 0.15) is 12.0 Å². The normalized spacial score (nSPS) is 25.7. The Bertz CT molecular complexity index is 740. The van der Waals surface area contributed by atoms with Gasteiger partial charge in [-0.15, -0.1) is 12.4 Å². The van der Waals surface area contributed by atoms with Gasteiger partial charge in [-0.25, -0.2) is 9.37 Å². The Labute approximate surface area is 158 Å². The van der Waals surface area contributed by atoms with Gasteiger partial charge in [0.25, 0.3) is 0 Å². The summed E-state index contributed by atoms with van der Waals surface area (Å²) in [5, 5.41) is 10.3. The highest BCUT2D eigenvalue weighted by molar-refractivity contribution is 5.85. The number of aromatic amines is 1. The lowest BCUT2D eigenvalue weighted by molar-refractivity contribution is -0.134. The number of piperidine rings is 1. The lowest BCUT2D eigenvalue weighted by atomic mass is 9.96. The molecule has 0 saturated carbocycles. The average molecular weight is 380 g/mol. The molecule has 1 amide bonds. The molecule has 2 aliphatic rings. The number of rotatable bonds is 3. The second-order valence-corrected chi connectivity index (χ2v) is 6.83. The van der Waals surface area contributed by atoms with Gasteiger partial charge in [0, 0.05) is 37.5 Å². The lowest BCUT2D eigenvalue weighted by Crippen LogP contribution is -2.47. The van der Waals surface area contributed by atoms with Crippen LogP contribution in [0.4, 0.5) is 4.39 Å². The van der Waals surface area contributed by atoms with Gasteiger partial charge in [-0.2, -0.15) is 5.10 Å². The minimum Gasteiger partial charge on any atom is -0.341 e. The quantitative estimate of drug-likeness (QED) is 0.858. The molecular weight excluding hydrogens is 357 g/mol. The fraction of sp³-hybridized carbons (Fsp3) is 0.500. The van der Waals surface area contributed by atoms with Crippen LogP contribution in [0.1, 0.15) is 31.0 Å². The molecule has 2 aromatic rings. The Morgan fingerprint density at radius 3 is 2.81 bits per heavy atom. The van der Waals surface area contributed by atoms with Crippen LogP contribution in [0.15, 0.2) is 30.3 Å². The van der Waals surface area contributed by atoms with Crippen molar-refractivity contribution >= 4 is 18.3 Å². The fourth-order valence-corrected chi connectivity index (χ4v) is 3.67. The summed E-state index contributed by atoms with van der Waals surface area (Å²) in [5.74, 6) is 1.65. The molecule has 2 N–H and O–H groups in total. The van der Waals surface area contributed by atoms with Crippen LogP contribution in [0.25, 0.3) is 11.4 Å². The van der Waals surface area contributed by atoms with Crippen LogP contribution in [0, 0.1) is 0 Å². The van der Waals surface area contributed by atoms with Gasteiger partial charge in [-0.3, -0.25) is 9.89 Å². The van der Waals surface area contributed by atoms with E-state index in [0.717, 1.165) is 30.8 Å². The van der Waals surface area contributed by atoms with Gasteiger partial charge in [0.05, 0.1) is 6.04 Å². The maximum atomic E-state index is 13.4. The number of H-pyrrole nitrogens is 1. The van der Waals surface area contributed by atoms with E-state index in [4.69, 9.17) is 0 Å². The van der Waals surface area contributed by atoms with Crippen molar-refractivity contribution in [2.75, 3.05) is 19.6 Å². The number of alkyl halides is 1. The molecule has 0 radical (unpaired) electrons. The van der Waals surface area contributed by atoms with Crippen molar-refractivity contribution in [1.29, 1.82) is 0 Å². The number of carbonyl (C=O) groups is 1. The molecule has 4 rings (SSSR count). The highest BCUT2D eigenvalue weighted by atomic mass is 35.5. The largest absolute Gasteiger partial charge is 0.341 e. The SMILES string of the molecule is Cl.O=C([C@H]1C[C@H](F)CN1)N1CCCC(c2nc(-c3ccccc3)n[nH]2)C1. The van der Waals surface area contributed by atoms with Gasteiger partial charge < -0.3 is 10.2 Å². The number of hydrogen-bond donors (Lipinski definition) is 2. The predicted molar refractivity (Wildman–Crippen MR) is 98.9 cm³/mol. The number of nitrogens with zero attached hydrogens (tertiary/aromatic N) is 3. The molecule has 0 bridgehead atoms. The van der Waals surface area contributed by atoms with Gasteiger partial charge in [0.2, 0.25) is 5.91 Å². The molecule has 0 aliphatic carbocycles. The Hall–Kier alpha value is -1.99. The maximum Gasteiger partial charge on any atom is 0.239 e. The molecule has 0 spiro atoms. The van der Waals surface area contributed by atoms with E-state index in [9.17, 15) is 9.18 Å². The summed E-state index contributed by atoms with van der Waals surface area (Å²) < 4.78 is 13.4. The number of amides is 1. The zero-order valence-electron chi connectivity index (χ0n) is 14.4. The number of likely N-dealkylation sites (tertiary alicyclic amines) is 1. The predicted octanol–water partition coefficient (Wildman–Crippen LogP) is 2.30. The van der Waals surface area contributed by atoms with E-state index in [0.29, 0.717) is 12.4 Å². The zero-order chi connectivity index (χ0) is 17.2. The third kappa shape index (κ3) is 3.88. The smallest absolute Gasteiger partial charge is 0.239 e. The van der Waals surface area contributed by atoms with Crippen LogP contribution in [-0.2, 0) is 4.79 Å². The van der Waals surface area contributed by atoms with Crippen LogP contribution in [-0.4, -0.2) is 57.8 Å². The molecule has 2 saturated heterocycles. The molecule has 1 aromatic heterocycles. The lowest BCUT2D eigenvalue weighted by Gasteiger charge is -2.33. The minimum absolute atomic E-state index is 0. The van der Waals surface area contributed by atoms with E-state index in [1.807, 2.05) is 35.2 Å². The van der Waals surface area contributed by atoms with Crippen LogP contribution < -0.4 is 5.32 Å². The van der Waals surface area contributed by atoms with E-state index < -0.39 is 6.17 Å². The van der Waals surface area contributed by atoms with E-state index in [1.54, 1.807) is 0 Å². The molecule has 3 heterocycles. The number of benzene rings is 1. The first-order chi connectivity index (χ1) is 12.2. The van der Waals surface area contributed by atoms with E-state index in [2.05, 4.69) is 20.5 Å². The molecule has 2 aliphatic heterocycles. The number of hydrogen-bond acceptors (Lipinski definition) is 4. The molecule has 1 aromatic carbocycles. The van der Waals surface area contributed by atoms with Crippen molar-refractivity contribution in [3.8, 4) is 11.4 Å². The Kier molecular flexibility index (Phi) is 5.88. The van der Waals surface area contributed by atoms with Gasteiger partial charge in [0.15, 0.2) is 5.82 Å². The third-order valence-corrected chi connectivity index (χ3v) is 5.03. The summed E-state index contributed by atoms with van der Waals surface area (Å²) in [6, 6.07) is 9.44. The Balaban J connectivity index is 0.00000196. The summed E-state index contributed by atoms with van der Waals surface area (Å²) in [7, 11) is 0. The van der Waals surface area contributed by atoms with Crippen LogP contribution in [0.3, 0.4) is 0 Å². The molecule has 1 unspecified atom stereocenters. The third-order valence-electron chi connectivity index (χ3n) is 5.03. The van der Waals surface area contributed by atoms with Crippen LogP contribution >= 0.6 is 12.4 Å². The standard InChI is InChI=1S/C18H22FN5O.ClH/c19-14-9-15(20-10-14)18(25)24-8-4-7-13(11-24)17-21-16(22-23-17)12-5-2-1-3-6-12;/h1-3,5-6,13-15,20H,4,7-11H2,(H,21,22,23);1H/t13?,14-,15+;/m0./s1. The molecule has 3 atom stereocenters. The number of halogens is 2. The molecular formula is C18H23ClFN5O. The van der Waals surface area contributed by atoms with Crippen molar-refractivity contribution in [3.63, 3.8) is 0 Å². The summed E-state index contributed by atoms with van der Waals surface area (Å²) in [6.45, 7) is 1.61. The van der Waals surface area contributed by atoms with E-state index in [1.165, 1.54) is 0 Å². The first-order valence-corrected chi connectivity index (χ1v) is 8.84. The van der Waals surface area contributed by atoms with Gasteiger partial charge in [-0.1, -0.05) is 30.3 Å². The van der Waals surface area contributed by atoms with Crippen molar-refractivity contribution in [2.24, 2.45) is 0 Å². The molecule has 2 fully saturated rings. The van der Waals surface area contributed by atoms with Crippen LogP contribution in [0.2, 0.25) is 0 Å². The van der Waals surface area contributed by atoms with Crippen LogP contribution in [0.5, 0.6) is 0 Å². The Morgan fingerprint density at radius 1 is 1.27 bits per heavy atom. The van der Waals surface area contributed by atoms with Gasteiger partial charge in [-0.05, 0) is 12.8 Å². The topological polar surface area (TPSA) is 73.9 Å². The summed E-state index contributed by atoms with van der Waals surface area (Å²) in [4.78, 5) is 19.1. The number of carbonyl (C=O) groups excluding carboxylic acids is 1. The average Bonchev–Trinajstić information content (AvgIpc) is 3.31. The molecule has 6 nitrogen and oxygen atoms in total. The maximum absolute atomic E-state index is 13.4. The second-order valence-electron chi connectivity index (χ2n) is 6.83. The van der Waals surface area contributed by atoms with Crippen molar-refractivity contribution < 1.29 is 9.18 Å². The van der Waals surface area contributed by atoms with Crippen molar-refractivity contribution in [3.05, 3.63) is 36.2 Å². The summed E-state index contributed by atoms with van der Waals surface area (Å²) >= 11 is 0. The summed E-state index contributed by atoms with van der Waals surface area (Å²) in [6.07, 6.45) is 1.25. The Morgan fingerprint density at radius 2 is 2.08 bits per heavy atom. The van der Waals surface area contributed by atoms with Crippen molar-refractivity contribution in [1.82, 2.24) is 25.4 Å². The highest BCUT2D eigenvalue weighted by Crippen LogP contribution is 2.27. The van der Waals surface area contributed by atoms with Crippen molar-refractivity contribution in [2.45, 2.75) is 37.4 Å². The van der Waals surface area contributed by atoms with Gasteiger partial charge >= 0.3 is 0 Å². The number of aromatic nitrogens is 3. The number of nitrogens with one attached hydrogen (secondary N) is 2. The van der Waals surface area contributed by atoms with E-state index in [-0.39, 0.29) is 43.2 Å². The summed E-state index contributed by atoms with van der Waals surface area (Å²) in [5.41, 5.74) is 0.970. The molecule has 8 heteroatoms.